The molecule has 0 bridgehead atoms. The molecule has 9 heteroatoms. The summed E-state index contributed by atoms with van der Waals surface area (Å²) < 4.78 is 26.0. The van der Waals surface area contributed by atoms with Crippen molar-refractivity contribution in [2.75, 3.05) is 6.54 Å². The maximum atomic E-state index is 12.6. The number of halogens is 1. The Morgan fingerprint density at radius 3 is 2.11 bits per heavy atom. The van der Waals surface area contributed by atoms with Gasteiger partial charge in [-0.2, -0.15) is 0 Å². The highest BCUT2D eigenvalue weighted by Gasteiger charge is 2.18. The lowest BCUT2D eigenvalue weighted by Gasteiger charge is -2.11. The SMILES string of the molecule is CCCCNC(=S)NNC(=O)c1ccc(S(=O)(=O)c2ccc(Br)cc2)cc1. The van der Waals surface area contributed by atoms with Gasteiger partial charge in [-0.1, -0.05) is 29.3 Å². The number of rotatable bonds is 6. The summed E-state index contributed by atoms with van der Waals surface area (Å²) in [7, 11) is -3.64. The van der Waals surface area contributed by atoms with Crippen LogP contribution in [0.2, 0.25) is 0 Å². The predicted octanol–water partition coefficient (Wildman–Crippen LogP) is 3.19. The van der Waals surface area contributed by atoms with E-state index in [-0.39, 0.29) is 9.79 Å². The molecule has 0 aromatic heterocycles. The van der Waals surface area contributed by atoms with Gasteiger partial charge in [0.05, 0.1) is 9.79 Å². The normalized spacial score (nSPS) is 10.9. The number of benzene rings is 2. The Labute approximate surface area is 172 Å². The molecule has 0 fully saturated rings. The number of amides is 1. The molecular weight excluding hydrogens is 450 g/mol. The fourth-order valence-corrected chi connectivity index (χ4v) is 3.82. The fourth-order valence-electron chi connectivity index (χ4n) is 2.14. The lowest BCUT2D eigenvalue weighted by Crippen LogP contribution is -2.46. The molecule has 2 aromatic rings. The summed E-state index contributed by atoms with van der Waals surface area (Å²) >= 11 is 8.33. The smallest absolute Gasteiger partial charge is 0.269 e. The molecular formula is C18H20BrN3O3S2. The largest absolute Gasteiger partial charge is 0.361 e. The van der Waals surface area contributed by atoms with E-state index in [0.717, 1.165) is 23.9 Å². The molecule has 3 N–H and O–H groups in total. The maximum Gasteiger partial charge on any atom is 0.269 e. The van der Waals surface area contributed by atoms with E-state index < -0.39 is 15.7 Å². The second-order valence-corrected chi connectivity index (χ2v) is 8.94. The van der Waals surface area contributed by atoms with Crippen LogP contribution in [0.25, 0.3) is 0 Å². The van der Waals surface area contributed by atoms with Crippen LogP contribution in [0.15, 0.2) is 62.8 Å². The highest BCUT2D eigenvalue weighted by Crippen LogP contribution is 2.22. The van der Waals surface area contributed by atoms with Crippen LogP contribution in [0.5, 0.6) is 0 Å². The van der Waals surface area contributed by atoms with Crippen LogP contribution in [0.3, 0.4) is 0 Å². The molecule has 6 nitrogen and oxygen atoms in total. The number of thiocarbonyl (C=S) groups is 1. The fraction of sp³-hybridized carbons (Fsp3) is 0.222. The van der Waals surface area contributed by atoms with Gasteiger partial charge in [-0.3, -0.25) is 15.6 Å². The number of unbranched alkanes of at least 4 members (excludes halogenated alkanes) is 1. The van der Waals surface area contributed by atoms with Crippen molar-refractivity contribution in [3.05, 3.63) is 58.6 Å². The third kappa shape index (κ3) is 6.02. The topological polar surface area (TPSA) is 87.3 Å². The first-order chi connectivity index (χ1) is 12.8. The Hall–Kier alpha value is -1.97. The van der Waals surface area contributed by atoms with Crippen molar-refractivity contribution < 1.29 is 13.2 Å². The van der Waals surface area contributed by atoms with Crippen LogP contribution in [0.4, 0.5) is 0 Å². The van der Waals surface area contributed by atoms with E-state index in [1.54, 1.807) is 12.1 Å². The molecule has 2 aromatic carbocycles. The van der Waals surface area contributed by atoms with Crippen LogP contribution in [0, 0.1) is 0 Å². The molecule has 0 aliphatic heterocycles. The van der Waals surface area contributed by atoms with E-state index in [4.69, 9.17) is 12.2 Å². The van der Waals surface area contributed by atoms with Crippen LogP contribution in [-0.2, 0) is 9.84 Å². The van der Waals surface area contributed by atoms with E-state index >= 15 is 0 Å². The maximum absolute atomic E-state index is 12.6. The van der Waals surface area contributed by atoms with E-state index in [0.29, 0.717) is 10.7 Å². The highest BCUT2D eigenvalue weighted by molar-refractivity contribution is 9.10. The zero-order chi connectivity index (χ0) is 19.9. The van der Waals surface area contributed by atoms with Crippen molar-refractivity contribution in [1.82, 2.24) is 16.2 Å². The molecule has 0 saturated heterocycles. The zero-order valence-electron chi connectivity index (χ0n) is 14.7. The van der Waals surface area contributed by atoms with Crippen LogP contribution >= 0.6 is 28.1 Å². The Morgan fingerprint density at radius 2 is 1.56 bits per heavy atom. The minimum Gasteiger partial charge on any atom is -0.361 e. The quantitative estimate of drug-likeness (QED) is 0.342. The van der Waals surface area contributed by atoms with Gasteiger partial charge in [0, 0.05) is 16.6 Å². The van der Waals surface area contributed by atoms with Gasteiger partial charge >= 0.3 is 0 Å². The molecule has 27 heavy (non-hydrogen) atoms. The number of hydrogen-bond acceptors (Lipinski definition) is 4. The summed E-state index contributed by atoms with van der Waals surface area (Å²) in [6.07, 6.45) is 2.02. The number of carbonyl (C=O) groups is 1. The van der Waals surface area contributed by atoms with Gasteiger partial charge in [-0.25, -0.2) is 8.42 Å². The van der Waals surface area contributed by atoms with E-state index in [9.17, 15) is 13.2 Å². The molecule has 0 aliphatic rings. The summed E-state index contributed by atoms with van der Waals surface area (Å²) in [4.78, 5) is 12.4. The monoisotopic (exact) mass is 469 g/mol. The first-order valence-corrected chi connectivity index (χ1v) is 11.0. The highest BCUT2D eigenvalue weighted by atomic mass is 79.9. The van der Waals surface area contributed by atoms with Crippen LogP contribution in [0.1, 0.15) is 30.1 Å². The van der Waals surface area contributed by atoms with Gasteiger partial charge in [0.2, 0.25) is 9.84 Å². The van der Waals surface area contributed by atoms with Gasteiger partial charge in [0.15, 0.2) is 5.11 Å². The van der Waals surface area contributed by atoms with Crippen molar-refractivity contribution in [3.63, 3.8) is 0 Å². The molecule has 0 spiro atoms. The van der Waals surface area contributed by atoms with E-state index in [1.165, 1.54) is 36.4 Å². The molecule has 0 heterocycles. The zero-order valence-corrected chi connectivity index (χ0v) is 17.9. The Kier molecular flexibility index (Phi) is 7.76. The average molecular weight is 470 g/mol. The first-order valence-electron chi connectivity index (χ1n) is 8.29. The molecule has 144 valence electrons. The number of sulfone groups is 1. The number of hydrogen-bond donors (Lipinski definition) is 3. The van der Waals surface area contributed by atoms with E-state index in [2.05, 4.69) is 39.0 Å². The molecule has 0 radical (unpaired) electrons. The lowest BCUT2D eigenvalue weighted by molar-refractivity contribution is 0.0943. The third-order valence-corrected chi connectivity index (χ3v) is 6.22. The van der Waals surface area contributed by atoms with Gasteiger partial charge in [-0.05, 0) is 67.2 Å². The standard InChI is InChI=1S/C18H20BrN3O3S2/c1-2-3-12-20-18(26)22-21-17(23)13-4-8-15(9-5-13)27(24,25)16-10-6-14(19)7-11-16/h4-11H,2-3,12H2,1H3,(H,21,23)(H2,20,22,26). The second-order valence-electron chi connectivity index (χ2n) is 5.67. The minimum atomic E-state index is -3.64. The van der Waals surface area contributed by atoms with Gasteiger partial charge in [0.25, 0.3) is 5.91 Å². The third-order valence-electron chi connectivity index (χ3n) is 3.66. The predicted molar refractivity (Wildman–Crippen MR) is 112 cm³/mol. The van der Waals surface area contributed by atoms with Crippen LogP contribution in [-0.4, -0.2) is 26.0 Å². The summed E-state index contributed by atoms with van der Waals surface area (Å²) in [5, 5.41) is 3.29. The van der Waals surface area contributed by atoms with E-state index in [1.807, 2.05) is 0 Å². The molecule has 0 atom stereocenters. The molecule has 0 aliphatic carbocycles. The lowest BCUT2D eigenvalue weighted by atomic mass is 10.2. The van der Waals surface area contributed by atoms with Crippen molar-refractivity contribution >= 4 is 49.0 Å². The summed E-state index contributed by atoms with van der Waals surface area (Å²) in [6.45, 7) is 2.79. The minimum absolute atomic E-state index is 0.117. The molecule has 0 unspecified atom stereocenters. The van der Waals surface area contributed by atoms with Crippen LogP contribution < -0.4 is 16.2 Å². The number of hydrazine groups is 1. The van der Waals surface area contributed by atoms with Gasteiger partial charge in [0.1, 0.15) is 0 Å². The molecule has 1 amide bonds. The summed E-state index contributed by atoms with van der Waals surface area (Å²) in [5.74, 6) is -0.415. The first kappa shape index (κ1) is 21.3. The summed E-state index contributed by atoms with van der Waals surface area (Å²) in [5.41, 5.74) is 5.40. The van der Waals surface area contributed by atoms with Gasteiger partial charge in [-0.15, -0.1) is 0 Å². The van der Waals surface area contributed by atoms with Crippen molar-refractivity contribution in [1.29, 1.82) is 0 Å². The Balaban J connectivity index is 2.01. The van der Waals surface area contributed by atoms with Crippen molar-refractivity contribution in [2.24, 2.45) is 0 Å². The van der Waals surface area contributed by atoms with Crippen molar-refractivity contribution in [3.8, 4) is 0 Å². The molecule has 0 saturated carbocycles. The average Bonchev–Trinajstić information content (AvgIpc) is 2.67. The molecule has 2 rings (SSSR count). The Bertz CT molecular complexity index is 898. The summed E-state index contributed by atoms with van der Waals surface area (Å²) in [6, 6.07) is 12.1. The van der Waals surface area contributed by atoms with Crippen molar-refractivity contribution in [2.45, 2.75) is 29.6 Å². The second kappa shape index (κ2) is 9.82. The number of nitrogens with one attached hydrogen (secondary N) is 3. The Morgan fingerprint density at radius 1 is 1.00 bits per heavy atom. The number of carbonyl (C=O) groups excluding carboxylic acids is 1. The van der Waals surface area contributed by atoms with Gasteiger partial charge < -0.3 is 5.32 Å².